The quantitative estimate of drug-likeness (QED) is 0.911. The summed E-state index contributed by atoms with van der Waals surface area (Å²) in [6.07, 6.45) is 2.73. The van der Waals surface area contributed by atoms with Crippen LogP contribution in [0.3, 0.4) is 0 Å². The molecular formula is C18H19ClFN3O2. The van der Waals surface area contributed by atoms with Crippen LogP contribution in [0.15, 0.2) is 36.5 Å². The van der Waals surface area contributed by atoms with Crippen molar-refractivity contribution in [2.24, 2.45) is 0 Å². The molecule has 1 fully saturated rings. The molecule has 1 aromatic heterocycles. The van der Waals surface area contributed by atoms with Crippen molar-refractivity contribution < 1.29 is 14.0 Å². The highest BCUT2D eigenvalue weighted by Gasteiger charge is 2.26. The van der Waals surface area contributed by atoms with E-state index in [1.165, 1.54) is 18.2 Å². The maximum absolute atomic E-state index is 14.0. The number of nitrogens with one attached hydrogen (secondary N) is 1. The monoisotopic (exact) mass is 363 g/mol. The van der Waals surface area contributed by atoms with Crippen LogP contribution in [-0.2, 0) is 11.2 Å². The molecule has 1 aliphatic heterocycles. The molecule has 0 aliphatic carbocycles. The molecule has 25 heavy (non-hydrogen) atoms. The Labute approximate surface area is 150 Å². The zero-order chi connectivity index (χ0) is 17.8. The van der Waals surface area contributed by atoms with E-state index in [2.05, 4.69) is 4.98 Å². The fourth-order valence-corrected chi connectivity index (χ4v) is 3.23. The Morgan fingerprint density at radius 1 is 1.08 bits per heavy atom. The van der Waals surface area contributed by atoms with Crippen molar-refractivity contribution in [1.82, 2.24) is 14.8 Å². The van der Waals surface area contributed by atoms with Crippen LogP contribution in [0.2, 0.25) is 5.02 Å². The van der Waals surface area contributed by atoms with Crippen LogP contribution >= 0.6 is 11.6 Å². The highest BCUT2D eigenvalue weighted by molar-refractivity contribution is 6.33. The predicted molar refractivity (Wildman–Crippen MR) is 93.0 cm³/mol. The number of hydrogen-bond donors (Lipinski definition) is 1. The fraction of sp³-hybridized carbons (Fsp3) is 0.333. The first-order valence-electron chi connectivity index (χ1n) is 8.19. The van der Waals surface area contributed by atoms with Crippen LogP contribution in [0.4, 0.5) is 4.39 Å². The molecule has 1 aliphatic rings. The largest absolute Gasteiger partial charge is 0.365 e. The van der Waals surface area contributed by atoms with Crippen LogP contribution in [0.25, 0.3) is 0 Å². The highest BCUT2D eigenvalue weighted by Crippen LogP contribution is 2.21. The Morgan fingerprint density at radius 2 is 1.84 bits per heavy atom. The minimum Gasteiger partial charge on any atom is -0.365 e. The molecule has 132 valence electrons. The van der Waals surface area contributed by atoms with E-state index < -0.39 is 11.7 Å². The van der Waals surface area contributed by atoms with Crippen molar-refractivity contribution in [2.75, 3.05) is 26.2 Å². The summed E-state index contributed by atoms with van der Waals surface area (Å²) in [5.74, 6) is -1.04. The van der Waals surface area contributed by atoms with Gasteiger partial charge >= 0.3 is 0 Å². The number of rotatable bonds is 3. The molecule has 1 aromatic carbocycles. The van der Waals surface area contributed by atoms with E-state index in [0.717, 1.165) is 5.69 Å². The number of carbonyl (C=O) groups is 2. The summed E-state index contributed by atoms with van der Waals surface area (Å²) < 4.78 is 14.0. The number of amides is 2. The van der Waals surface area contributed by atoms with E-state index in [9.17, 15) is 14.0 Å². The van der Waals surface area contributed by atoms with E-state index in [1.807, 2.05) is 12.1 Å². The molecule has 0 radical (unpaired) electrons. The van der Waals surface area contributed by atoms with Crippen LogP contribution < -0.4 is 0 Å². The molecule has 0 bridgehead atoms. The summed E-state index contributed by atoms with van der Waals surface area (Å²) in [5, 5.41) is 0.105. The highest BCUT2D eigenvalue weighted by atomic mass is 35.5. The average Bonchev–Trinajstić information content (AvgIpc) is 2.95. The summed E-state index contributed by atoms with van der Waals surface area (Å²) in [5.41, 5.74) is 0.760. The first kappa shape index (κ1) is 17.5. The van der Waals surface area contributed by atoms with Gasteiger partial charge in [-0.15, -0.1) is 0 Å². The molecule has 2 amide bonds. The number of carbonyl (C=O) groups excluding carboxylic acids is 2. The van der Waals surface area contributed by atoms with Gasteiger partial charge in [0.15, 0.2) is 0 Å². The van der Waals surface area contributed by atoms with Gasteiger partial charge in [-0.2, -0.15) is 0 Å². The number of hydrogen-bond acceptors (Lipinski definition) is 2. The van der Waals surface area contributed by atoms with Crippen LogP contribution in [-0.4, -0.2) is 52.8 Å². The zero-order valence-corrected chi connectivity index (χ0v) is 14.4. The molecule has 0 saturated carbocycles. The number of aromatic amines is 1. The lowest BCUT2D eigenvalue weighted by molar-refractivity contribution is -0.130. The summed E-state index contributed by atoms with van der Waals surface area (Å²) in [6.45, 7) is 1.83. The normalized spacial score (nSPS) is 15.1. The smallest absolute Gasteiger partial charge is 0.258 e. The maximum atomic E-state index is 14.0. The summed E-state index contributed by atoms with van der Waals surface area (Å²) in [6, 6.07) is 7.91. The van der Waals surface area contributed by atoms with Gasteiger partial charge in [-0.05, 0) is 30.7 Å². The van der Waals surface area contributed by atoms with Gasteiger partial charge < -0.3 is 14.8 Å². The third-order valence-electron chi connectivity index (χ3n) is 4.32. The minimum absolute atomic E-state index is 0.0145. The molecule has 0 unspecified atom stereocenters. The van der Waals surface area contributed by atoms with E-state index in [4.69, 9.17) is 11.6 Å². The lowest BCUT2D eigenvalue weighted by Gasteiger charge is -2.22. The molecule has 5 nitrogen and oxygen atoms in total. The molecule has 3 rings (SSSR count). The number of H-pyrrole nitrogens is 1. The Hall–Kier alpha value is -2.34. The fourth-order valence-electron chi connectivity index (χ4n) is 2.98. The number of benzene rings is 1. The SMILES string of the molecule is O=C(Cc1ccc[nH]1)N1CCCN(C(=O)c2c(F)cccc2Cl)CC1. The molecule has 0 atom stereocenters. The molecule has 1 N–H and O–H groups in total. The number of halogens is 2. The van der Waals surface area contributed by atoms with E-state index in [-0.39, 0.29) is 16.5 Å². The van der Waals surface area contributed by atoms with E-state index in [0.29, 0.717) is 39.0 Å². The minimum atomic E-state index is -0.624. The van der Waals surface area contributed by atoms with Crippen LogP contribution in [0.5, 0.6) is 0 Å². The summed E-state index contributed by atoms with van der Waals surface area (Å²) >= 11 is 5.99. The van der Waals surface area contributed by atoms with Gasteiger partial charge in [0, 0.05) is 38.1 Å². The Kier molecular flexibility index (Phi) is 5.38. The molecular weight excluding hydrogens is 345 g/mol. The van der Waals surface area contributed by atoms with E-state index in [1.54, 1.807) is 16.0 Å². The number of aromatic nitrogens is 1. The van der Waals surface area contributed by atoms with Gasteiger partial charge in [0.2, 0.25) is 5.91 Å². The molecule has 0 spiro atoms. The zero-order valence-electron chi connectivity index (χ0n) is 13.7. The van der Waals surface area contributed by atoms with Crippen molar-refractivity contribution in [3.8, 4) is 0 Å². The van der Waals surface area contributed by atoms with Gasteiger partial charge in [0.1, 0.15) is 5.82 Å². The predicted octanol–water partition coefficient (Wildman–Crippen LogP) is 2.72. The second kappa shape index (κ2) is 7.70. The van der Waals surface area contributed by atoms with Gasteiger partial charge in [-0.3, -0.25) is 9.59 Å². The summed E-state index contributed by atoms with van der Waals surface area (Å²) in [7, 11) is 0. The van der Waals surface area contributed by atoms with Crippen molar-refractivity contribution >= 4 is 23.4 Å². The lowest BCUT2D eigenvalue weighted by Crippen LogP contribution is -2.38. The first-order chi connectivity index (χ1) is 12.1. The van der Waals surface area contributed by atoms with E-state index >= 15 is 0 Å². The number of nitrogens with zero attached hydrogens (tertiary/aromatic N) is 2. The molecule has 7 heteroatoms. The second-order valence-corrected chi connectivity index (χ2v) is 6.40. The van der Waals surface area contributed by atoms with Gasteiger partial charge in [0.05, 0.1) is 17.0 Å². The van der Waals surface area contributed by atoms with Crippen molar-refractivity contribution in [1.29, 1.82) is 0 Å². The van der Waals surface area contributed by atoms with Gasteiger partial charge in [-0.25, -0.2) is 4.39 Å². The average molecular weight is 364 g/mol. The summed E-state index contributed by atoms with van der Waals surface area (Å²) in [4.78, 5) is 31.3. The van der Waals surface area contributed by atoms with Crippen LogP contribution in [0, 0.1) is 5.82 Å². The van der Waals surface area contributed by atoms with Crippen molar-refractivity contribution in [3.05, 3.63) is 58.6 Å². The molecule has 2 heterocycles. The first-order valence-corrected chi connectivity index (χ1v) is 8.57. The molecule has 2 aromatic rings. The lowest BCUT2D eigenvalue weighted by atomic mass is 10.1. The van der Waals surface area contributed by atoms with Crippen molar-refractivity contribution in [3.63, 3.8) is 0 Å². The van der Waals surface area contributed by atoms with Crippen molar-refractivity contribution in [2.45, 2.75) is 12.8 Å². The maximum Gasteiger partial charge on any atom is 0.258 e. The Bertz CT molecular complexity index is 743. The standard InChI is InChI=1S/C18H19ClFN3O2/c19-14-5-1-6-15(20)17(14)18(25)23-9-3-8-22(10-11-23)16(24)12-13-4-2-7-21-13/h1-2,4-7,21H,3,8-12H2. The Morgan fingerprint density at radius 3 is 2.56 bits per heavy atom. The van der Waals surface area contributed by atoms with Crippen LogP contribution in [0.1, 0.15) is 22.5 Å². The second-order valence-electron chi connectivity index (χ2n) is 6.00. The third-order valence-corrected chi connectivity index (χ3v) is 4.63. The Balaban J connectivity index is 1.65. The van der Waals surface area contributed by atoms with Gasteiger partial charge in [-0.1, -0.05) is 17.7 Å². The van der Waals surface area contributed by atoms with Gasteiger partial charge in [0.25, 0.3) is 5.91 Å². The topological polar surface area (TPSA) is 56.4 Å². The third kappa shape index (κ3) is 4.02. The molecule has 1 saturated heterocycles.